The van der Waals surface area contributed by atoms with Crippen LogP contribution in [0.3, 0.4) is 0 Å². The first kappa shape index (κ1) is 14.3. The van der Waals surface area contributed by atoms with Gasteiger partial charge in [0, 0.05) is 10.7 Å². The topological polar surface area (TPSA) is 58.4 Å². The molecule has 0 spiro atoms. The summed E-state index contributed by atoms with van der Waals surface area (Å²) in [6, 6.07) is 7.13. The summed E-state index contributed by atoms with van der Waals surface area (Å²) < 4.78 is 6.48. The lowest BCUT2D eigenvalue weighted by Gasteiger charge is -2.11. The number of hydrogen-bond donors (Lipinski definition) is 1. The smallest absolute Gasteiger partial charge is 0.292 e. The van der Waals surface area contributed by atoms with Crippen molar-refractivity contribution < 1.29 is 9.21 Å². The number of carbonyl (C=O) groups is 1. The predicted octanol–water partition coefficient (Wildman–Crippen LogP) is 3.29. The molecule has 0 bridgehead atoms. The van der Waals surface area contributed by atoms with Gasteiger partial charge >= 0.3 is 0 Å². The fraction of sp³-hybridized carbons (Fsp3) is 0.333. The molecular weight excluding hydrogens is 334 g/mol. The van der Waals surface area contributed by atoms with Crippen molar-refractivity contribution in [2.45, 2.75) is 19.4 Å². The Labute approximate surface area is 131 Å². The number of anilines is 1. The highest BCUT2D eigenvalue weighted by Gasteiger charge is 2.16. The van der Waals surface area contributed by atoms with Gasteiger partial charge in [-0.2, -0.15) is 0 Å². The lowest BCUT2D eigenvalue weighted by Crippen LogP contribution is -2.18. The maximum Gasteiger partial charge on any atom is 0.292 e. The Balaban J connectivity index is 1.62. The van der Waals surface area contributed by atoms with Crippen molar-refractivity contribution in [1.82, 2.24) is 9.88 Å². The minimum absolute atomic E-state index is 0.280. The zero-order valence-corrected chi connectivity index (χ0v) is 13.1. The van der Waals surface area contributed by atoms with Gasteiger partial charge in [-0.05, 0) is 66.1 Å². The van der Waals surface area contributed by atoms with Gasteiger partial charge in [0.1, 0.15) is 11.6 Å². The zero-order valence-electron chi connectivity index (χ0n) is 11.5. The summed E-state index contributed by atoms with van der Waals surface area (Å²) in [6.07, 6.45) is 4.11. The van der Waals surface area contributed by atoms with Crippen LogP contribution in [0.15, 0.2) is 39.4 Å². The maximum absolute atomic E-state index is 12.1. The summed E-state index contributed by atoms with van der Waals surface area (Å²) in [6.45, 7) is 2.97. The molecule has 1 fully saturated rings. The van der Waals surface area contributed by atoms with Crippen LogP contribution in [0.4, 0.5) is 5.82 Å². The van der Waals surface area contributed by atoms with Crippen molar-refractivity contribution in [3.05, 3.63) is 46.5 Å². The second kappa shape index (κ2) is 6.41. The van der Waals surface area contributed by atoms with Crippen molar-refractivity contribution in [2.75, 3.05) is 18.4 Å². The van der Waals surface area contributed by atoms with Crippen LogP contribution in [-0.4, -0.2) is 28.9 Å². The standard InChI is InChI=1S/C15H16BrN3O2/c16-11-3-6-14(17-9-11)18-15(20)13-5-4-12(21-13)10-19-7-1-2-8-19/h3-6,9H,1-2,7-8,10H2,(H,17,18,20). The number of rotatable bonds is 4. The SMILES string of the molecule is O=C(Nc1ccc(Br)cn1)c1ccc(CN2CCCC2)o1. The number of furan rings is 1. The van der Waals surface area contributed by atoms with Crippen LogP contribution < -0.4 is 5.32 Å². The normalized spacial score (nSPS) is 15.3. The molecule has 2 aromatic rings. The number of aromatic nitrogens is 1. The molecule has 5 nitrogen and oxygen atoms in total. The van der Waals surface area contributed by atoms with Gasteiger partial charge in [-0.3, -0.25) is 9.69 Å². The third kappa shape index (κ3) is 3.71. The number of hydrogen-bond acceptors (Lipinski definition) is 4. The fourth-order valence-electron chi connectivity index (χ4n) is 2.37. The summed E-state index contributed by atoms with van der Waals surface area (Å²) in [7, 11) is 0. The van der Waals surface area contributed by atoms with Crippen molar-refractivity contribution in [3.63, 3.8) is 0 Å². The molecule has 0 aromatic carbocycles. The molecule has 21 heavy (non-hydrogen) atoms. The van der Waals surface area contributed by atoms with E-state index in [0.29, 0.717) is 11.6 Å². The number of amides is 1. The highest BCUT2D eigenvalue weighted by molar-refractivity contribution is 9.10. The number of nitrogens with zero attached hydrogens (tertiary/aromatic N) is 2. The van der Waals surface area contributed by atoms with E-state index in [1.165, 1.54) is 12.8 Å². The van der Waals surface area contributed by atoms with Crippen LogP contribution in [0.25, 0.3) is 0 Å². The van der Waals surface area contributed by atoms with Crippen molar-refractivity contribution in [3.8, 4) is 0 Å². The molecule has 1 saturated heterocycles. The van der Waals surface area contributed by atoms with Gasteiger partial charge in [0.05, 0.1) is 6.54 Å². The average Bonchev–Trinajstić information content (AvgIpc) is 3.13. The first-order valence-corrected chi connectivity index (χ1v) is 7.74. The minimum atomic E-state index is -0.280. The third-order valence-electron chi connectivity index (χ3n) is 3.43. The number of halogens is 1. The molecule has 0 aliphatic carbocycles. The predicted molar refractivity (Wildman–Crippen MR) is 83.1 cm³/mol. The molecular formula is C15H16BrN3O2. The molecule has 6 heteroatoms. The molecule has 0 radical (unpaired) electrons. The van der Waals surface area contributed by atoms with E-state index in [4.69, 9.17) is 4.42 Å². The van der Waals surface area contributed by atoms with E-state index < -0.39 is 0 Å². The molecule has 0 unspecified atom stereocenters. The molecule has 110 valence electrons. The number of likely N-dealkylation sites (tertiary alicyclic amines) is 1. The summed E-state index contributed by atoms with van der Waals surface area (Å²) in [5.41, 5.74) is 0. The van der Waals surface area contributed by atoms with Gasteiger partial charge in [-0.15, -0.1) is 0 Å². The van der Waals surface area contributed by atoms with Crippen LogP contribution in [-0.2, 0) is 6.54 Å². The van der Waals surface area contributed by atoms with Crippen molar-refractivity contribution in [2.24, 2.45) is 0 Å². The van der Waals surface area contributed by atoms with E-state index in [1.807, 2.05) is 12.1 Å². The second-order valence-corrected chi connectivity index (χ2v) is 5.98. The van der Waals surface area contributed by atoms with Crippen LogP contribution in [0.1, 0.15) is 29.2 Å². The largest absolute Gasteiger partial charge is 0.455 e. The number of pyridine rings is 1. The maximum atomic E-state index is 12.1. The first-order valence-electron chi connectivity index (χ1n) is 6.95. The molecule has 3 heterocycles. The summed E-state index contributed by atoms with van der Waals surface area (Å²) in [5, 5.41) is 2.71. The van der Waals surface area contributed by atoms with E-state index in [2.05, 4.69) is 31.1 Å². The van der Waals surface area contributed by atoms with Gasteiger partial charge in [0.15, 0.2) is 5.76 Å². The molecule has 1 amide bonds. The fourth-order valence-corrected chi connectivity index (χ4v) is 2.61. The Kier molecular flexibility index (Phi) is 4.36. The third-order valence-corrected chi connectivity index (χ3v) is 3.90. The van der Waals surface area contributed by atoms with Crippen molar-refractivity contribution >= 4 is 27.7 Å². The van der Waals surface area contributed by atoms with Crippen molar-refractivity contribution in [1.29, 1.82) is 0 Å². The Morgan fingerprint density at radius 3 is 2.81 bits per heavy atom. The monoisotopic (exact) mass is 349 g/mol. The van der Waals surface area contributed by atoms with Crippen LogP contribution in [0, 0.1) is 0 Å². The molecule has 0 atom stereocenters. The van der Waals surface area contributed by atoms with E-state index in [1.54, 1.807) is 18.3 Å². The Bertz CT molecular complexity index is 618. The number of carbonyl (C=O) groups excluding carboxylic acids is 1. The summed E-state index contributed by atoms with van der Waals surface area (Å²) >= 11 is 3.30. The number of nitrogens with one attached hydrogen (secondary N) is 1. The zero-order chi connectivity index (χ0) is 14.7. The van der Waals surface area contributed by atoms with E-state index in [0.717, 1.165) is 29.9 Å². The molecule has 0 saturated carbocycles. The van der Waals surface area contributed by atoms with E-state index in [9.17, 15) is 4.79 Å². The van der Waals surface area contributed by atoms with E-state index >= 15 is 0 Å². The van der Waals surface area contributed by atoms with Gasteiger partial charge < -0.3 is 9.73 Å². The Hall–Kier alpha value is -1.66. The molecule has 1 aliphatic heterocycles. The van der Waals surface area contributed by atoms with Gasteiger partial charge in [-0.25, -0.2) is 4.98 Å². The molecule has 3 rings (SSSR count). The Morgan fingerprint density at radius 2 is 2.10 bits per heavy atom. The second-order valence-electron chi connectivity index (χ2n) is 5.06. The molecule has 1 N–H and O–H groups in total. The van der Waals surface area contributed by atoms with Crippen LogP contribution >= 0.6 is 15.9 Å². The first-order chi connectivity index (χ1) is 10.2. The molecule has 1 aliphatic rings. The summed E-state index contributed by atoms with van der Waals surface area (Å²) in [5.74, 6) is 1.36. The highest BCUT2D eigenvalue weighted by Crippen LogP contribution is 2.16. The van der Waals surface area contributed by atoms with E-state index in [-0.39, 0.29) is 5.91 Å². The highest BCUT2D eigenvalue weighted by atomic mass is 79.9. The minimum Gasteiger partial charge on any atom is -0.455 e. The molecule has 2 aromatic heterocycles. The van der Waals surface area contributed by atoms with Gasteiger partial charge in [0.25, 0.3) is 5.91 Å². The van der Waals surface area contributed by atoms with Crippen LogP contribution in [0.5, 0.6) is 0 Å². The lowest BCUT2D eigenvalue weighted by atomic mass is 10.4. The quantitative estimate of drug-likeness (QED) is 0.919. The Morgan fingerprint density at radius 1 is 1.29 bits per heavy atom. The van der Waals surface area contributed by atoms with Crippen LogP contribution in [0.2, 0.25) is 0 Å². The lowest BCUT2D eigenvalue weighted by molar-refractivity contribution is 0.0993. The summed E-state index contributed by atoms with van der Waals surface area (Å²) in [4.78, 5) is 18.5. The average molecular weight is 350 g/mol. The van der Waals surface area contributed by atoms with Gasteiger partial charge in [0.2, 0.25) is 0 Å². The van der Waals surface area contributed by atoms with Gasteiger partial charge in [-0.1, -0.05) is 0 Å².